The maximum Gasteiger partial charge on any atom is 0.261 e. The van der Waals surface area contributed by atoms with Crippen LogP contribution in [0.3, 0.4) is 0 Å². The summed E-state index contributed by atoms with van der Waals surface area (Å²) >= 11 is 0. The van der Waals surface area contributed by atoms with Crippen LogP contribution in [-0.4, -0.2) is 18.1 Å². The van der Waals surface area contributed by atoms with Crippen molar-refractivity contribution >= 4 is 5.91 Å². The highest BCUT2D eigenvalue weighted by Crippen LogP contribution is 2.20. The van der Waals surface area contributed by atoms with Crippen LogP contribution in [0.4, 0.5) is 0 Å². The zero-order chi connectivity index (χ0) is 12.3. The van der Waals surface area contributed by atoms with Crippen LogP contribution in [-0.2, 0) is 4.79 Å². The molecule has 1 unspecified atom stereocenters. The van der Waals surface area contributed by atoms with Crippen LogP contribution < -0.4 is 10.1 Å². The van der Waals surface area contributed by atoms with Crippen LogP contribution in [0.5, 0.6) is 5.75 Å². The van der Waals surface area contributed by atoms with Gasteiger partial charge in [-0.1, -0.05) is 24.6 Å². The number of amides is 1. The van der Waals surface area contributed by atoms with Crippen molar-refractivity contribution in [3.05, 3.63) is 29.8 Å². The lowest BCUT2D eigenvalue weighted by atomic mass is 10.2. The first-order valence-electron chi connectivity index (χ1n) is 6.22. The molecule has 1 aromatic rings. The Kier molecular flexibility index (Phi) is 3.67. The van der Waals surface area contributed by atoms with Gasteiger partial charge in [-0.3, -0.25) is 4.79 Å². The third-order valence-electron chi connectivity index (χ3n) is 2.89. The van der Waals surface area contributed by atoms with E-state index in [0.29, 0.717) is 12.5 Å². The van der Waals surface area contributed by atoms with Crippen LogP contribution >= 0.6 is 0 Å². The SMILES string of the molecule is CCC(Oc1ccc(C)cc1)C(=O)NC1CC1. The quantitative estimate of drug-likeness (QED) is 0.848. The molecule has 0 bridgehead atoms. The second-order valence-corrected chi connectivity index (χ2v) is 4.61. The fourth-order valence-corrected chi connectivity index (χ4v) is 1.63. The largest absolute Gasteiger partial charge is 0.481 e. The molecule has 1 aromatic carbocycles. The van der Waals surface area contributed by atoms with Gasteiger partial charge in [0.15, 0.2) is 6.10 Å². The van der Waals surface area contributed by atoms with E-state index in [0.717, 1.165) is 18.6 Å². The van der Waals surface area contributed by atoms with Gasteiger partial charge >= 0.3 is 0 Å². The number of nitrogens with one attached hydrogen (secondary N) is 1. The Morgan fingerprint density at radius 2 is 2.06 bits per heavy atom. The van der Waals surface area contributed by atoms with E-state index in [1.807, 2.05) is 38.1 Å². The van der Waals surface area contributed by atoms with Gasteiger partial charge in [-0.2, -0.15) is 0 Å². The summed E-state index contributed by atoms with van der Waals surface area (Å²) in [6.07, 6.45) is 2.52. The van der Waals surface area contributed by atoms with Gasteiger partial charge in [0.25, 0.3) is 5.91 Å². The molecule has 1 fully saturated rings. The van der Waals surface area contributed by atoms with Crippen molar-refractivity contribution in [2.45, 2.75) is 45.3 Å². The fourth-order valence-electron chi connectivity index (χ4n) is 1.63. The first kappa shape index (κ1) is 12.0. The Hall–Kier alpha value is -1.51. The van der Waals surface area contributed by atoms with Crippen molar-refractivity contribution in [3.8, 4) is 5.75 Å². The smallest absolute Gasteiger partial charge is 0.261 e. The molecular weight excluding hydrogens is 214 g/mol. The Labute approximate surface area is 102 Å². The Morgan fingerprint density at radius 3 is 2.59 bits per heavy atom. The molecule has 3 nitrogen and oxygen atoms in total. The lowest BCUT2D eigenvalue weighted by Gasteiger charge is -2.17. The predicted octanol–water partition coefficient (Wildman–Crippen LogP) is 2.43. The number of carbonyl (C=O) groups is 1. The highest BCUT2D eigenvalue weighted by Gasteiger charge is 2.27. The maximum atomic E-state index is 11.9. The molecule has 17 heavy (non-hydrogen) atoms. The minimum Gasteiger partial charge on any atom is -0.481 e. The molecule has 1 amide bonds. The Morgan fingerprint density at radius 1 is 1.41 bits per heavy atom. The molecule has 0 radical (unpaired) electrons. The van der Waals surface area contributed by atoms with Crippen LogP contribution in [0.2, 0.25) is 0 Å². The maximum absolute atomic E-state index is 11.9. The van der Waals surface area contributed by atoms with Crippen LogP contribution in [0, 0.1) is 6.92 Å². The molecule has 0 saturated heterocycles. The number of aryl methyl sites for hydroxylation is 1. The third-order valence-corrected chi connectivity index (χ3v) is 2.89. The van der Waals surface area contributed by atoms with Crippen molar-refractivity contribution < 1.29 is 9.53 Å². The van der Waals surface area contributed by atoms with Crippen molar-refractivity contribution in [3.63, 3.8) is 0 Å². The molecule has 2 rings (SSSR count). The van der Waals surface area contributed by atoms with Crippen molar-refractivity contribution in [1.82, 2.24) is 5.32 Å². The van der Waals surface area contributed by atoms with Crippen molar-refractivity contribution in [2.24, 2.45) is 0 Å². The average molecular weight is 233 g/mol. The molecule has 0 spiro atoms. The average Bonchev–Trinajstić information content (AvgIpc) is 3.12. The Bertz CT molecular complexity index is 382. The first-order chi connectivity index (χ1) is 8.19. The zero-order valence-electron chi connectivity index (χ0n) is 10.4. The van der Waals surface area contributed by atoms with Gasteiger partial charge in [-0.15, -0.1) is 0 Å². The normalized spacial score (nSPS) is 16.4. The minimum absolute atomic E-state index is 0.00979. The Balaban J connectivity index is 1.93. The summed E-state index contributed by atoms with van der Waals surface area (Å²) in [6.45, 7) is 3.99. The summed E-state index contributed by atoms with van der Waals surface area (Å²) < 4.78 is 5.70. The zero-order valence-corrected chi connectivity index (χ0v) is 10.4. The number of ether oxygens (including phenoxy) is 1. The summed E-state index contributed by atoms with van der Waals surface area (Å²) in [5.41, 5.74) is 1.19. The van der Waals surface area contributed by atoms with Gasteiger partial charge in [0.1, 0.15) is 5.75 Å². The molecule has 0 heterocycles. The van der Waals surface area contributed by atoms with Crippen LogP contribution in [0.25, 0.3) is 0 Å². The molecule has 0 aliphatic heterocycles. The number of benzene rings is 1. The summed E-state index contributed by atoms with van der Waals surface area (Å²) in [5, 5.41) is 2.97. The van der Waals surface area contributed by atoms with E-state index in [1.54, 1.807) is 0 Å². The molecular formula is C14H19NO2. The molecule has 1 aliphatic carbocycles. The van der Waals surface area contributed by atoms with E-state index >= 15 is 0 Å². The lowest BCUT2D eigenvalue weighted by molar-refractivity contribution is -0.128. The van der Waals surface area contributed by atoms with Crippen LogP contribution in [0.15, 0.2) is 24.3 Å². The summed E-state index contributed by atoms with van der Waals surface area (Å²) in [4.78, 5) is 11.9. The summed E-state index contributed by atoms with van der Waals surface area (Å²) in [7, 11) is 0. The van der Waals surface area contributed by atoms with E-state index < -0.39 is 0 Å². The van der Waals surface area contributed by atoms with Gasteiger partial charge in [0.05, 0.1) is 0 Å². The van der Waals surface area contributed by atoms with E-state index in [4.69, 9.17) is 4.74 Å². The second-order valence-electron chi connectivity index (χ2n) is 4.61. The predicted molar refractivity (Wildman–Crippen MR) is 67.1 cm³/mol. The topological polar surface area (TPSA) is 38.3 Å². The molecule has 92 valence electrons. The number of hydrogen-bond acceptors (Lipinski definition) is 2. The van der Waals surface area contributed by atoms with E-state index in [2.05, 4.69) is 5.32 Å². The molecule has 1 aliphatic rings. The van der Waals surface area contributed by atoms with Gasteiger partial charge < -0.3 is 10.1 Å². The summed E-state index contributed by atoms with van der Waals surface area (Å²) in [6, 6.07) is 8.17. The minimum atomic E-state index is -0.377. The number of rotatable bonds is 5. The van der Waals surface area contributed by atoms with Gasteiger partial charge in [0, 0.05) is 6.04 Å². The lowest BCUT2D eigenvalue weighted by Crippen LogP contribution is -2.39. The fraction of sp³-hybridized carbons (Fsp3) is 0.500. The summed E-state index contributed by atoms with van der Waals surface area (Å²) in [5.74, 6) is 0.768. The first-order valence-corrected chi connectivity index (χ1v) is 6.22. The third kappa shape index (κ3) is 3.48. The molecule has 1 N–H and O–H groups in total. The van der Waals surface area contributed by atoms with Gasteiger partial charge in [-0.05, 0) is 38.3 Å². The van der Waals surface area contributed by atoms with Gasteiger partial charge in [0.2, 0.25) is 0 Å². The highest BCUT2D eigenvalue weighted by atomic mass is 16.5. The monoisotopic (exact) mass is 233 g/mol. The van der Waals surface area contributed by atoms with Crippen molar-refractivity contribution in [1.29, 1.82) is 0 Å². The molecule has 1 saturated carbocycles. The van der Waals surface area contributed by atoms with E-state index in [-0.39, 0.29) is 12.0 Å². The number of carbonyl (C=O) groups excluding carboxylic acids is 1. The number of hydrogen-bond donors (Lipinski definition) is 1. The molecule has 1 atom stereocenters. The van der Waals surface area contributed by atoms with Crippen LogP contribution in [0.1, 0.15) is 31.7 Å². The van der Waals surface area contributed by atoms with Gasteiger partial charge in [-0.25, -0.2) is 0 Å². The molecule has 0 aromatic heterocycles. The second kappa shape index (κ2) is 5.21. The van der Waals surface area contributed by atoms with Crippen molar-refractivity contribution in [2.75, 3.05) is 0 Å². The van der Waals surface area contributed by atoms with E-state index in [1.165, 1.54) is 5.56 Å². The highest BCUT2D eigenvalue weighted by molar-refractivity contribution is 5.81. The standard InChI is InChI=1S/C14H19NO2/c1-3-13(14(16)15-11-6-7-11)17-12-8-4-10(2)5-9-12/h4-5,8-9,11,13H,3,6-7H2,1-2H3,(H,15,16). The van der Waals surface area contributed by atoms with E-state index in [9.17, 15) is 4.79 Å². The molecule has 3 heteroatoms.